The van der Waals surface area contributed by atoms with E-state index in [-0.39, 0.29) is 5.97 Å². The van der Waals surface area contributed by atoms with Crippen molar-refractivity contribution in [1.29, 1.82) is 0 Å². The van der Waals surface area contributed by atoms with E-state index in [0.29, 0.717) is 6.61 Å². The maximum absolute atomic E-state index is 11.5. The molecule has 0 fully saturated rings. The molecule has 0 radical (unpaired) electrons. The van der Waals surface area contributed by atoms with Crippen LogP contribution in [0.2, 0.25) is 0 Å². The molecule has 0 saturated heterocycles. The molecule has 0 atom stereocenters. The summed E-state index contributed by atoms with van der Waals surface area (Å²) in [6.45, 7) is 0.451. The van der Waals surface area contributed by atoms with Gasteiger partial charge in [-0.1, -0.05) is 60.7 Å². The molecule has 2 aromatic rings. The number of esters is 1. The summed E-state index contributed by atoms with van der Waals surface area (Å²) in [4.78, 5) is 11.5. The second-order valence-electron chi connectivity index (χ2n) is 4.50. The third kappa shape index (κ3) is 5.11. The lowest BCUT2D eigenvalue weighted by Crippen LogP contribution is -2.03. The second-order valence-corrected chi connectivity index (χ2v) is 4.50. The van der Waals surface area contributed by atoms with E-state index in [4.69, 9.17) is 4.74 Å². The Balaban J connectivity index is 1.67. The van der Waals surface area contributed by atoms with Gasteiger partial charge in [0, 0.05) is 6.08 Å². The lowest BCUT2D eigenvalue weighted by molar-refractivity contribution is -0.137. The molecule has 0 aliphatic carbocycles. The third-order valence-corrected chi connectivity index (χ3v) is 2.91. The van der Waals surface area contributed by atoms with E-state index in [9.17, 15) is 4.79 Å². The van der Waals surface area contributed by atoms with Crippen molar-refractivity contribution < 1.29 is 9.53 Å². The monoisotopic (exact) mass is 266 g/mol. The van der Waals surface area contributed by atoms with E-state index in [1.807, 2.05) is 48.5 Å². The third-order valence-electron chi connectivity index (χ3n) is 2.91. The summed E-state index contributed by atoms with van der Waals surface area (Å²) in [6.07, 6.45) is 5.00. The zero-order chi connectivity index (χ0) is 14.0. The number of hydrogen-bond acceptors (Lipinski definition) is 2. The molecule has 0 heterocycles. The van der Waals surface area contributed by atoms with Gasteiger partial charge in [-0.3, -0.25) is 0 Å². The second kappa shape index (κ2) is 7.95. The van der Waals surface area contributed by atoms with Gasteiger partial charge in [0.15, 0.2) is 0 Å². The highest BCUT2D eigenvalue weighted by Crippen LogP contribution is 2.03. The molecule has 0 aromatic heterocycles. The molecule has 0 aliphatic rings. The molecule has 2 heteroatoms. The Morgan fingerprint density at radius 1 is 0.950 bits per heavy atom. The summed E-state index contributed by atoms with van der Waals surface area (Å²) in [5, 5.41) is 0. The standard InChI is InChI=1S/C18H18O2/c19-18(14-13-17-10-5-2-6-11-17)20-15-7-12-16-8-3-1-4-9-16/h1-6,8-11,13-14H,7,12,15H2/b14-13-. The van der Waals surface area contributed by atoms with Crippen LogP contribution in [0.3, 0.4) is 0 Å². The molecule has 0 spiro atoms. The summed E-state index contributed by atoms with van der Waals surface area (Å²) in [5.74, 6) is -0.290. The Labute approximate surface area is 119 Å². The first-order valence-corrected chi connectivity index (χ1v) is 6.78. The first-order chi connectivity index (χ1) is 9.84. The van der Waals surface area contributed by atoms with Gasteiger partial charge in [0.1, 0.15) is 0 Å². The summed E-state index contributed by atoms with van der Waals surface area (Å²) in [7, 11) is 0. The quantitative estimate of drug-likeness (QED) is 0.450. The molecule has 102 valence electrons. The SMILES string of the molecule is O=C(/C=C\c1ccccc1)OCCCc1ccccc1. The van der Waals surface area contributed by atoms with E-state index >= 15 is 0 Å². The average Bonchev–Trinajstić information content (AvgIpc) is 2.52. The van der Waals surface area contributed by atoms with Crippen LogP contribution < -0.4 is 0 Å². The molecule has 20 heavy (non-hydrogen) atoms. The van der Waals surface area contributed by atoms with Crippen LogP contribution in [0.5, 0.6) is 0 Å². The number of aryl methyl sites for hydroxylation is 1. The lowest BCUT2D eigenvalue weighted by atomic mass is 10.1. The number of benzene rings is 2. The summed E-state index contributed by atoms with van der Waals surface area (Å²) >= 11 is 0. The van der Waals surface area contributed by atoms with Crippen molar-refractivity contribution in [1.82, 2.24) is 0 Å². The zero-order valence-corrected chi connectivity index (χ0v) is 11.4. The predicted molar refractivity (Wildman–Crippen MR) is 81.2 cm³/mol. The number of carbonyl (C=O) groups excluding carboxylic acids is 1. The highest BCUT2D eigenvalue weighted by molar-refractivity contribution is 5.86. The van der Waals surface area contributed by atoms with E-state index < -0.39 is 0 Å². The minimum absolute atomic E-state index is 0.290. The van der Waals surface area contributed by atoms with Crippen LogP contribution in [0.4, 0.5) is 0 Å². The van der Waals surface area contributed by atoms with Crippen molar-refractivity contribution in [3.05, 3.63) is 77.9 Å². The number of hydrogen-bond donors (Lipinski definition) is 0. The zero-order valence-electron chi connectivity index (χ0n) is 11.4. The van der Waals surface area contributed by atoms with E-state index in [1.54, 1.807) is 6.08 Å². The fourth-order valence-electron chi connectivity index (χ4n) is 1.87. The minimum atomic E-state index is -0.290. The molecule has 0 N–H and O–H groups in total. The van der Waals surface area contributed by atoms with Gasteiger partial charge in [0.2, 0.25) is 0 Å². The first-order valence-electron chi connectivity index (χ1n) is 6.78. The van der Waals surface area contributed by atoms with E-state index in [0.717, 1.165) is 18.4 Å². The van der Waals surface area contributed by atoms with Crippen molar-refractivity contribution in [2.45, 2.75) is 12.8 Å². The van der Waals surface area contributed by atoms with Gasteiger partial charge >= 0.3 is 5.97 Å². The molecule has 2 nitrogen and oxygen atoms in total. The molecule has 2 aromatic carbocycles. The normalized spacial score (nSPS) is 10.6. The molecular weight excluding hydrogens is 248 g/mol. The van der Waals surface area contributed by atoms with Gasteiger partial charge in [-0.25, -0.2) is 4.79 Å². The molecule has 0 unspecified atom stereocenters. The lowest BCUT2D eigenvalue weighted by Gasteiger charge is -2.02. The van der Waals surface area contributed by atoms with E-state index in [1.165, 1.54) is 11.6 Å². The van der Waals surface area contributed by atoms with Crippen molar-refractivity contribution in [2.75, 3.05) is 6.61 Å². The van der Waals surface area contributed by atoms with Crippen LogP contribution in [0, 0.1) is 0 Å². The molecule has 0 saturated carbocycles. The maximum atomic E-state index is 11.5. The molecule has 0 aliphatic heterocycles. The van der Waals surface area contributed by atoms with Gasteiger partial charge in [0.05, 0.1) is 6.61 Å². The van der Waals surface area contributed by atoms with Crippen LogP contribution in [0.25, 0.3) is 6.08 Å². The number of rotatable bonds is 6. The van der Waals surface area contributed by atoms with E-state index in [2.05, 4.69) is 12.1 Å². The van der Waals surface area contributed by atoms with Crippen LogP contribution in [-0.4, -0.2) is 12.6 Å². The van der Waals surface area contributed by atoms with Gasteiger partial charge < -0.3 is 4.74 Å². The van der Waals surface area contributed by atoms with Crippen molar-refractivity contribution >= 4 is 12.0 Å². The maximum Gasteiger partial charge on any atom is 0.330 e. The molecule has 2 rings (SSSR count). The Hall–Kier alpha value is -2.35. The number of carbonyl (C=O) groups is 1. The smallest absolute Gasteiger partial charge is 0.330 e. The Bertz CT molecular complexity index is 544. The van der Waals surface area contributed by atoms with Crippen molar-refractivity contribution in [3.63, 3.8) is 0 Å². The number of ether oxygens (including phenoxy) is 1. The highest BCUT2D eigenvalue weighted by Gasteiger charge is 1.97. The molecular formula is C18H18O2. The Morgan fingerprint density at radius 3 is 2.30 bits per heavy atom. The molecule has 0 amide bonds. The largest absolute Gasteiger partial charge is 0.463 e. The van der Waals surface area contributed by atoms with Gasteiger partial charge in [-0.2, -0.15) is 0 Å². The van der Waals surface area contributed by atoms with Crippen LogP contribution in [-0.2, 0) is 16.0 Å². The first kappa shape index (κ1) is 14.1. The fraction of sp³-hybridized carbons (Fsp3) is 0.167. The Morgan fingerprint density at radius 2 is 1.60 bits per heavy atom. The highest BCUT2D eigenvalue weighted by atomic mass is 16.5. The van der Waals surface area contributed by atoms with Gasteiger partial charge in [-0.15, -0.1) is 0 Å². The van der Waals surface area contributed by atoms with Crippen LogP contribution in [0.1, 0.15) is 17.5 Å². The topological polar surface area (TPSA) is 26.3 Å². The predicted octanol–water partition coefficient (Wildman–Crippen LogP) is 3.88. The summed E-state index contributed by atoms with van der Waals surface area (Å²) < 4.78 is 5.16. The van der Waals surface area contributed by atoms with Gasteiger partial charge in [-0.05, 0) is 30.0 Å². The summed E-state index contributed by atoms with van der Waals surface area (Å²) in [6, 6.07) is 19.9. The van der Waals surface area contributed by atoms with Crippen LogP contribution in [0.15, 0.2) is 66.7 Å². The summed E-state index contributed by atoms with van der Waals surface area (Å²) in [5.41, 5.74) is 2.26. The van der Waals surface area contributed by atoms with Gasteiger partial charge in [0.25, 0.3) is 0 Å². The molecule has 0 bridgehead atoms. The fourth-order valence-corrected chi connectivity index (χ4v) is 1.87. The Kier molecular flexibility index (Phi) is 5.59. The van der Waals surface area contributed by atoms with Crippen molar-refractivity contribution in [2.24, 2.45) is 0 Å². The minimum Gasteiger partial charge on any atom is -0.463 e. The van der Waals surface area contributed by atoms with Crippen LogP contribution >= 0.6 is 0 Å². The van der Waals surface area contributed by atoms with Crippen molar-refractivity contribution in [3.8, 4) is 0 Å². The average molecular weight is 266 g/mol.